The summed E-state index contributed by atoms with van der Waals surface area (Å²) in [6, 6.07) is 0. The molecular weight excluding hydrogens is 210 g/mol. The first-order valence-electron chi connectivity index (χ1n) is 5.31. The van der Waals surface area contributed by atoms with E-state index < -0.39 is 24.0 Å². The molecule has 0 aromatic carbocycles. The Balaban J connectivity index is 2.97. The third-order valence-electron chi connectivity index (χ3n) is 3.35. The fourth-order valence-electron chi connectivity index (χ4n) is 1.29. The average Bonchev–Trinajstić information content (AvgIpc) is 2.33. The number of Topliss-reactive ketones (excluding diaryl/α,β-unsaturated/α-hetero) is 1. The maximum Gasteiger partial charge on any atom is 0.525 e. The average molecular weight is 228 g/mol. The van der Waals surface area contributed by atoms with Gasteiger partial charge in [0, 0.05) is 5.57 Å². The Morgan fingerprint density at radius 1 is 1.06 bits per heavy atom. The lowest BCUT2D eigenvalue weighted by Gasteiger charge is -2.32. The predicted molar refractivity (Wildman–Crippen MR) is 60.6 cm³/mol. The second kappa shape index (κ2) is 3.97. The van der Waals surface area contributed by atoms with Crippen molar-refractivity contribution in [1.29, 1.82) is 0 Å². The molecule has 0 saturated carbocycles. The molecule has 0 bridgehead atoms. The molecule has 16 heavy (non-hydrogen) atoms. The summed E-state index contributed by atoms with van der Waals surface area (Å²) in [4.78, 5) is 11.1. The zero-order valence-electron chi connectivity index (χ0n) is 10.7. The van der Waals surface area contributed by atoms with Crippen molar-refractivity contribution < 1.29 is 18.5 Å². The number of carbonyl (C=O) groups excluding carboxylic acids is 1. The number of carbonyl (C=O) groups is 1. The summed E-state index contributed by atoms with van der Waals surface area (Å²) in [7, 11) is -1.08. The molecule has 0 radical (unpaired) electrons. The topological polar surface area (TPSA) is 35.5 Å². The highest BCUT2D eigenvalue weighted by molar-refractivity contribution is 6.54. The van der Waals surface area contributed by atoms with Gasteiger partial charge in [0.15, 0.2) is 5.78 Å². The number of rotatable bonds is 2. The summed E-state index contributed by atoms with van der Waals surface area (Å²) >= 11 is 0. The van der Waals surface area contributed by atoms with Gasteiger partial charge in [0.2, 0.25) is 0 Å². The quantitative estimate of drug-likeness (QED) is 0.537. The van der Waals surface area contributed by atoms with E-state index in [4.69, 9.17) is 9.31 Å². The van der Waals surface area contributed by atoms with Gasteiger partial charge >= 0.3 is 7.12 Å². The summed E-state index contributed by atoms with van der Waals surface area (Å²) in [6.45, 7) is 10.1. The summed E-state index contributed by atoms with van der Waals surface area (Å²) < 4.78 is 24.8. The molecular formula is C11H18BFO3. The largest absolute Gasteiger partial charge is 0.525 e. The molecule has 1 rings (SSSR count). The molecule has 0 spiro atoms. The van der Waals surface area contributed by atoms with Crippen LogP contribution in [0.2, 0.25) is 0 Å². The zero-order valence-corrected chi connectivity index (χ0v) is 10.7. The number of hydrogen-bond donors (Lipinski definition) is 0. The van der Waals surface area contributed by atoms with Crippen LogP contribution >= 0.6 is 0 Å². The molecule has 1 fully saturated rings. The first kappa shape index (κ1) is 13.4. The van der Waals surface area contributed by atoms with Gasteiger partial charge in [-0.15, -0.1) is 0 Å². The highest BCUT2D eigenvalue weighted by Gasteiger charge is 2.53. The fourth-order valence-corrected chi connectivity index (χ4v) is 1.29. The summed E-state index contributed by atoms with van der Waals surface area (Å²) in [5.74, 6) is -0.313. The van der Waals surface area contributed by atoms with Crippen LogP contribution in [-0.2, 0) is 14.1 Å². The second-order valence-electron chi connectivity index (χ2n) is 5.12. The van der Waals surface area contributed by atoms with Crippen molar-refractivity contribution in [2.24, 2.45) is 0 Å². The minimum Gasteiger partial charge on any atom is -0.398 e. The molecule has 1 aliphatic rings. The van der Waals surface area contributed by atoms with Gasteiger partial charge in [-0.1, -0.05) is 0 Å². The van der Waals surface area contributed by atoms with Crippen molar-refractivity contribution in [1.82, 2.24) is 0 Å². The van der Waals surface area contributed by atoms with Crippen molar-refractivity contribution in [3.05, 3.63) is 11.3 Å². The fraction of sp³-hybridized carbons (Fsp3) is 0.727. The van der Waals surface area contributed by atoms with Gasteiger partial charge in [-0.05, 0) is 41.5 Å². The first-order valence-corrected chi connectivity index (χ1v) is 5.31. The summed E-state index contributed by atoms with van der Waals surface area (Å²) in [5, 5.41) is 0. The Morgan fingerprint density at radius 3 is 1.75 bits per heavy atom. The molecule has 90 valence electrons. The minimum atomic E-state index is -1.08. The van der Waals surface area contributed by atoms with E-state index in [9.17, 15) is 9.18 Å². The molecule has 1 aliphatic heterocycles. The molecule has 0 unspecified atom stereocenters. The molecule has 0 atom stereocenters. The van der Waals surface area contributed by atoms with Gasteiger partial charge in [0.05, 0.1) is 11.2 Å². The maximum atomic E-state index is 13.8. The molecule has 1 heterocycles. The van der Waals surface area contributed by atoms with Crippen molar-refractivity contribution >= 4 is 12.9 Å². The maximum absolute atomic E-state index is 13.8. The van der Waals surface area contributed by atoms with Crippen LogP contribution in [0.5, 0.6) is 0 Å². The van der Waals surface area contributed by atoms with Crippen molar-refractivity contribution in [2.45, 2.75) is 52.7 Å². The van der Waals surface area contributed by atoms with Gasteiger partial charge in [0.1, 0.15) is 5.73 Å². The van der Waals surface area contributed by atoms with E-state index in [0.717, 1.165) is 0 Å². The molecule has 5 heteroatoms. The van der Waals surface area contributed by atoms with Crippen LogP contribution in [0.25, 0.3) is 0 Å². The summed E-state index contributed by atoms with van der Waals surface area (Å²) in [5.41, 5.74) is -1.76. The molecule has 0 amide bonds. The van der Waals surface area contributed by atoms with E-state index in [2.05, 4.69) is 0 Å². The van der Waals surface area contributed by atoms with E-state index in [0.29, 0.717) is 0 Å². The molecule has 0 aromatic heterocycles. The van der Waals surface area contributed by atoms with Crippen molar-refractivity contribution in [3.63, 3.8) is 0 Å². The van der Waals surface area contributed by atoms with E-state index in [-0.39, 0.29) is 11.4 Å². The van der Waals surface area contributed by atoms with Crippen molar-refractivity contribution in [2.75, 3.05) is 0 Å². The summed E-state index contributed by atoms with van der Waals surface area (Å²) in [6.07, 6.45) is 0. The third-order valence-corrected chi connectivity index (χ3v) is 3.35. The van der Waals surface area contributed by atoms with Crippen LogP contribution in [0.4, 0.5) is 4.39 Å². The number of ketones is 1. The van der Waals surface area contributed by atoms with Crippen LogP contribution in [0.3, 0.4) is 0 Å². The highest BCUT2D eigenvalue weighted by Crippen LogP contribution is 2.39. The van der Waals surface area contributed by atoms with Gasteiger partial charge < -0.3 is 9.31 Å². The Kier molecular flexibility index (Phi) is 3.32. The molecule has 0 aromatic rings. The van der Waals surface area contributed by atoms with Crippen LogP contribution in [0.1, 0.15) is 41.5 Å². The van der Waals surface area contributed by atoms with E-state index in [1.54, 1.807) is 0 Å². The van der Waals surface area contributed by atoms with Gasteiger partial charge in [0.25, 0.3) is 0 Å². The van der Waals surface area contributed by atoms with Crippen LogP contribution in [0.15, 0.2) is 11.3 Å². The van der Waals surface area contributed by atoms with Crippen LogP contribution < -0.4 is 0 Å². The number of hydrogen-bond acceptors (Lipinski definition) is 3. The molecule has 3 nitrogen and oxygen atoms in total. The first-order chi connectivity index (χ1) is 7.08. The second-order valence-corrected chi connectivity index (χ2v) is 5.12. The predicted octanol–water partition coefficient (Wildman–Crippen LogP) is 2.45. The Bertz CT molecular complexity index is 331. The van der Waals surface area contributed by atoms with Gasteiger partial charge in [-0.25, -0.2) is 4.39 Å². The Labute approximate surface area is 96.1 Å². The lowest BCUT2D eigenvalue weighted by molar-refractivity contribution is -0.113. The normalized spacial score (nSPS) is 24.3. The van der Waals surface area contributed by atoms with Gasteiger partial charge in [-0.2, -0.15) is 0 Å². The number of halogens is 1. The van der Waals surface area contributed by atoms with Crippen LogP contribution in [-0.4, -0.2) is 24.1 Å². The lowest BCUT2D eigenvalue weighted by Crippen LogP contribution is -2.41. The zero-order chi connectivity index (χ0) is 12.7. The smallest absolute Gasteiger partial charge is 0.398 e. The highest BCUT2D eigenvalue weighted by atomic mass is 19.1. The Morgan fingerprint density at radius 2 is 1.44 bits per heavy atom. The SMILES string of the molecule is CC(=O)C(C)=C(F)B1OC(C)(C)C(C)(C)O1. The standard InChI is InChI=1S/C11H18BFO3/c1-7(8(2)14)9(13)12-15-10(3,4)11(5,6)16-12/h1-6H3. The molecule has 1 saturated heterocycles. The lowest BCUT2D eigenvalue weighted by atomic mass is 9.84. The van der Waals surface area contributed by atoms with Gasteiger partial charge in [-0.3, -0.25) is 4.79 Å². The van der Waals surface area contributed by atoms with E-state index >= 15 is 0 Å². The molecule has 0 aliphatic carbocycles. The van der Waals surface area contributed by atoms with E-state index in [1.807, 2.05) is 27.7 Å². The monoisotopic (exact) mass is 228 g/mol. The Hall–Kier alpha value is -0.675. The molecule has 0 N–H and O–H groups in total. The van der Waals surface area contributed by atoms with E-state index in [1.165, 1.54) is 13.8 Å². The number of allylic oxidation sites excluding steroid dienone is 1. The van der Waals surface area contributed by atoms with Crippen LogP contribution in [0, 0.1) is 0 Å². The third kappa shape index (κ3) is 2.20. The minimum absolute atomic E-state index is 0.0542. The van der Waals surface area contributed by atoms with Crippen molar-refractivity contribution in [3.8, 4) is 0 Å².